The van der Waals surface area contributed by atoms with E-state index in [4.69, 9.17) is 0 Å². The van der Waals surface area contributed by atoms with Gasteiger partial charge in [0.25, 0.3) is 0 Å². The van der Waals surface area contributed by atoms with Crippen molar-refractivity contribution in [3.63, 3.8) is 0 Å². The Kier molecular flexibility index (Phi) is 3.91. The number of aromatic nitrogens is 5. The highest BCUT2D eigenvalue weighted by Crippen LogP contribution is 2.20. The first kappa shape index (κ1) is 14.8. The summed E-state index contributed by atoms with van der Waals surface area (Å²) in [7, 11) is 0. The van der Waals surface area contributed by atoms with Crippen molar-refractivity contribution >= 4 is 22.7 Å². The largest absolute Gasteiger partial charge is 0.333 e. The Hall–Kier alpha value is -2.81. The van der Waals surface area contributed by atoms with Gasteiger partial charge in [-0.25, -0.2) is 14.5 Å². The highest BCUT2D eigenvalue weighted by Gasteiger charge is 2.21. The first-order valence-electron chi connectivity index (χ1n) is 7.61. The lowest BCUT2D eigenvalue weighted by Gasteiger charge is -2.23. The number of aryl methyl sites for hydroxylation is 1. The number of hydrogen-bond donors (Lipinski definition) is 2. The van der Waals surface area contributed by atoms with Gasteiger partial charge in [-0.15, -0.1) is 0 Å². The van der Waals surface area contributed by atoms with Crippen molar-refractivity contribution in [3.05, 3.63) is 42.5 Å². The molecular formula is C15H15N7OS. The lowest BCUT2D eigenvalue weighted by atomic mass is 10.1. The number of anilines is 1. The second kappa shape index (κ2) is 6.36. The lowest BCUT2D eigenvalue weighted by molar-refractivity contribution is 0.243. The van der Waals surface area contributed by atoms with Crippen molar-refractivity contribution in [3.8, 4) is 11.4 Å². The number of carbonyl (C=O) groups is 1. The van der Waals surface area contributed by atoms with Gasteiger partial charge in [0.2, 0.25) is 5.13 Å². The van der Waals surface area contributed by atoms with E-state index in [1.54, 1.807) is 6.33 Å². The van der Waals surface area contributed by atoms with Crippen LogP contribution in [0.2, 0.25) is 0 Å². The van der Waals surface area contributed by atoms with E-state index in [-0.39, 0.29) is 12.1 Å². The van der Waals surface area contributed by atoms with Crippen LogP contribution in [0, 0.1) is 0 Å². The number of hydrogen-bond acceptors (Lipinski definition) is 6. The summed E-state index contributed by atoms with van der Waals surface area (Å²) in [5.74, 6) is 1.57. The van der Waals surface area contributed by atoms with E-state index in [1.165, 1.54) is 0 Å². The van der Waals surface area contributed by atoms with Crippen molar-refractivity contribution in [2.75, 3.05) is 5.32 Å². The molecule has 1 unspecified atom stereocenters. The summed E-state index contributed by atoms with van der Waals surface area (Å²) in [6.45, 7) is 0.633. The van der Waals surface area contributed by atoms with Gasteiger partial charge in [0.05, 0.1) is 12.6 Å². The standard InChI is InChI=1S/C15H15N7OS/c23-14(18-11-6-7-12-16-9-17-22(12)8-11)20-15-19-13(21-24-15)10-4-2-1-3-5-10/h1-5,9,11H,6-8H2,(H2,18,19,20,21,23). The summed E-state index contributed by atoms with van der Waals surface area (Å²) in [5.41, 5.74) is 0.924. The van der Waals surface area contributed by atoms with Gasteiger partial charge in [0, 0.05) is 23.5 Å². The fourth-order valence-corrected chi connectivity index (χ4v) is 3.24. The SMILES string of the molecule is O=C(Nc1nc(-c2ccccc2)ns1)NC1CCc2ncnn2C1. The maximum Gasteiger partial charge on any atom is 0.321 e. The van der Waals surface area contributed by atoms with Gasteiger partial charge in [-0.3, -0.25) is 5.32 Å². The molecule has 2 N–H and O–H groups in total. The number of carbonyl (C=O) groups excluding carboxylic acids is 1. The predicted octanol–water partition coefficient (Wildman–Crippen LogP) is 1.93. The lowest BCUT2D eigenvalue weighted by Crippen LogP contribution is -2.43. The van der Waals surface area contributed by atoms with Gasteiger partial charge < -0.3 is 5.32 Å². The van der Waals surface area contributed by atoms with Crippen LogP contribution in [0.4, 0.5) is 9.93 Å². The molecule has 2 aromatic heterocycles. The third-order valence-corrected chi connectivity index (χ3v) is 4.45. The van der Waals surface area contributed by atoms with E-state index in [0.717, 1.165) is 35.8 Å². The molecule has 2 amide bonds. The predicted molar refractivity (Wildman–Crippen MR) is 89.6 cm³/mol. The molecule has 0 saturated carbocycles. The normalized spacial score (nSPS) is 16.4. The Morgan fingerprint density at radius 1 is 1.29 bits per heavy atom. The van der Waals surface area contributed by atoms with E-state index >= 15 is 0 Å². The van der Waals surface area contributed by atoms with Crippen molar-refractivity contribution in [1.29, 1.82) is 0 Å². The van der Waals surface area contributed by atoms with Crippen LogP contribution in [-0.4, -0.2) is 36.2 Å². The summed E-state index contributed by atoms with van der Waals surface area (Å²) in [6.07, 6.45) is 3.20. The summed E-state index contributed by atoms with van der Waals surface area (Å²) in [6, 6.07) is 9.41. The Balaban J connectivity index is 1.36. The molecule has 1 aliphatic rings. The minimum absolute atomic E-state index is 0.0284. The minimum atomic E-state index is -0.278. The Morgan fingerprint density at radius 2 is 2.17 bits per heavy atom. The van der Waals surface area contributed by atoms with Gasteiger partial charge in [-0.2, -0.15) is 14.5 Å². The van der Waals surface area contributed by atoms with Crippen LogP contribution in [0.1, 0.15) is 12.2 Å². The van der Waals surface area contributed by atoms with Gasteiger partial charge in [0.1, 0.15) is 12.2 Å². The van der Waals surface area contributed by atoms with Crippen LogP contribution in [0.3, 0.4) is 0 Å². The number of urea groups is 1. The Bertz CT molecular complexity index is 844. The van der Waals surface area contributed by atoms with Gasteiger partial charge in [0.15, 0.2) is 5.82 Å². The van der Waals surface area contributed by atoms with Crippen molar-refractivity contribution in [2.45, 2.75) is 25.4 Å². The zero-order valence-corrected chi connectivity index (χ0v) is 13.5. The molecule has 0 bridgehead atoms. The molecule has 0 fully saturated rings. The van der Waals surface area contributed by atoms with E-state index in [9.17, 15) is 4.79 Å². The maximum atomic E-state index is 12.1. The third kappa shape index (κ3) is 3.11. The fourth-order valence-electron chi connectivity index (χ4n) is 2.65. The molecule has 4 rings (SSSR count). The Labute approximate surface area is 142 Å². The Morgan fingerprint density at radius 3 is 3.04 bits per heavy atom. The molecule has 0 saturated heterocycles. The summed E-state index contributed by atoms with van der Waals surface area (Å²) < 4.78 is 6.10. The topological polar surface area (TPSA) is 97.6 Å². The molecule has 3 aromatic rings. The first-order chi connectivity index (χ1) is 11.8. The van der Waals surface area contributed by atoms with E-state index < -0.39 is 0 Å². The van der Waals surface area contributed by atoms with Gasteiger partial charge in [-0.1, -0.05) is 30.3 Å². The average Bonchev–Trinajstić information content (AvgIpc) is 3.24. The molecule has 0 aliphatic carbocycles. The zero-order valence-electron chi connectivity index (χ0n) is 12.7. The molecule has 0 spiro atoms. The van der Waals surface area contributed by atoms with Crippen LogP contribution < -0.4 is 10.6 Å². The van der Waals surface area contributed by atoms with Gasteiger partial charge >= 0.3 is 6.03 Å². The highest BCUT2D eigenvalue weighted by molar-refractivity contribution is 7.10. The van der Waals surface area contributed by atoms with Crippen LogP contribution >= 0.6 is 11.5 Å². The van der Waals surface area contributed by atoms with Crippen LogP contribution in [-0.2, 0) is 13.0 Å². The molecular weight excluding hydrogens is 326 g/mol. The monoisotopic (exact) mass is 341 g/mol. The molecule has 0 radical (unpaired) electrons. The van der Waals surface area contributed by atoms with Crippen molar-refractivity contribution in [1.82, 2.24) is 29.4 Å². The summed E-state index contributed by atoms with van der Waals surface area (Å²) in [5, 5.41) is 10.3. The average molecular weight is 341 g/mol. The maximum absolute atomic E-state index is 12.1. The summed E-state index contributed by atoms with van der Waals surface area (Å²) >= 11 is 1.16. The third-order valence-electron chi connectivity index (χ3n) is 3.82. The van der Waals surface area contributed by atoms with Crippen LogP contribution in [0.25, 0.3) is 11.4 Å². The molecule has 1 aromatic carbocycles. The van der Waals surface area contributed by atoms with Crippen LogP contribution in [0.15, 0.2) is 36.7 Å². The molecule has 122 valence electrons. The molecule has 9 heteroatoms. The van der Waals surface area contributed by atoms with E-state index in [1.807, 2.05) is 35.0 Å². The second-order valence-corrected chi connectivity index (χ2v) is 6.23. The second-order valence-electron chi connectivity index (χ2n) is 5.48. The first-order valence-corrected chi connectivity index (χ1v) is 8.38. The number of nitrogens with one attached hydrogen (secondary N) is 2. The minimum Gasteiger partial charge on any atom is -0.333 e. The van der Waals surface area contributed by atoms with Crippen LogP contribution in [0.5, 0.6) is 0 Å². The number of rotatable bonds is 3. The molecule has 3 heterocycles. The molecule has 24 heavy (non-hydrogen) atoms. The smallest absolute Gasteiger partial charge is 0.321 e. The molecule has 1 atom stereocenters. The number of amides is 2. The molecule has 1 aliphatic heterocycles. The van der Waals surface area contributed by atoms with Crippen molar-refractivity contribution in [2.24, 2.45) is 0 Å². The number of benzene rings is 1. The zero-order chi connectivity index (χ0) is 16.4. The van der Waals surface area contributed by atoms with E-state index in [2.05, 4.69) is 30.1 Å². The highest BCUT2D eigenvalue weighted by atomic mass is 32.1. The van der Waals surface area contributed by atoms with Gasteiger partial charge in [-0.05, 0) is 6.42 Å². The quantitative estimate of drug-likeness (QED) is 0.759. The fraction of sp³-hybridized carbons (Fsp3) is 0.267. The van der Waals surface area contributed by atoms with Crippen molar-refractivity contribution < 1.29 is 4.79 Å². The molecule has 8 nitrogen and oxygen atoms in total. The number of fused-ring (bicyclic) bond motifs is 1. The van der Waals surface area contributed by atoms with E-state index in [0.29, 0.717) is 17.5 Å². The summed E-state index contributed by atoms with van der Waals surface area (Å²) in [4.78, 5) is 20.7. The number of nitrogens with zero attached hydrogens (tertiary/aromatic N) is 5.